The molecule has 2 fully saturated rings. The number of benzene rings is 2. The monoisotopic (exact) mass is 632 g/mol. The summed E-state index contributed by atoms with van der Waals surface area (Å²) in [7, 11) is -3.00. The molecule has 0 aromatic heterocycles. The Morgan fingerprint density at radius 2 is 1.05 bits per heavy atom. The van der Waals surface area contributed by atoms with E-state index in [1.165, 1.54) is 33.4 Å². The van der Waals surface area contributed by atoms with Crippen LogP contribution in [0.1, 0.15) is 125 Å². The highest BCUT2D eigenvalue weighted by molar-refractivity contribution is 7.42. The maximum atomic E-state index is 6.57. The first-order valence-electron chi connectivity index (χ1n) is 16.5. The number of hydrogen-bond donors (Lipinski definition) is 0. The van der Waals surface area contributed by atoms with E-state index < -0.39 is 17.2 Å². The van der Waals surface area contributed by atoms with Crippen LogP contribution in [0.2, 0.25) is 0 Å². The van der Waals surface area contributed by atoms with Crippen LogP contribution in [0.15, 0.2) is 24.3 Å². The maximum Gasteiger partial charge on any atom is 0.397 e. The van der Waals surface area contributed by atoms with Crippen LogP contribution in [0.3, 0.4) is 0 Å². The van der Waals surface area contributed by atoms with Crippen molar-refractivity contribution in [2.24, 2.45) is 5.41 Å². The average molecular weight is 633 g/mol. The molecule has 43 heavy (non-hydrogen) atoms. The molecule has 0 radical (unpaired) electrons. The third kappa shape index (κ3) is 8.93. The molecule has 2 aromatic rings. The summed E-state index contributed by atoms with van der Waals surface area (Å²) in [5, 5.41) is 0. The predicted octanol–water partition coefficient (Wildman–Crippen LogP) is 11.0. The Kier molecular flexibility index (Phi) is 13.2. The van der Waals surface area contributed by atoms with Gasteiger partial charge in [-0.2, -0.15) is 0 Å². The summed E-state index contributed by atoms with van der Waals surface area (Å²) < 4.78 is 38.1. The normalized spacial score (nSPS) is 23.7. The Labute approximate surface area is 263 Å². The van der Waals surface area contributed by atoms with E-state index in [1.807, 2.05) is 0 Å². The lowest BCUT2D eigenvalue weighted by atomic mass is 9.88. The first kappa shape index (κ1) is 34.6. The van der Waals surface area contributed by atoms with Crippen LogP contribution in [-0.4, -0.2) is 26.4 Å². The lowest BCUT2D eigenvalue weighted by molar-refractivity contribution is -0.0674. The Morgan fingerprint density at radius 3 is 1.44 bits per heavy atom. The van der Waals surface area contributed by atoms with Gasteiger partial charge in [-0.1, -0.05) is 89.8 Å². The summed E-state index contributed by atoms with van der Waals surface area (Å²) in [6, 6.07) is 9.05. The largest absolute Gasteiger partial charge is 0.426 e. The Hall–Kier alpha value is -1.26. The smallest absolute Gasteiger partial charge is 0.397 e. The maximum absolute atomic E-state index is 6.57. The third-order valence-corrected chi connectivity index (χ3v) is 10.8. The molecule has 2 heterocycles. The molecule has 4 rings (SSSR count). The van der Waals surface area contributed by atoms with Gasteiger partial charge >= 0.3 is 17.2 Å². The molecule has 2 aliphatic heterocycles. The highest BCUT2D eigenvalue weighted by atomic mass is 31.2. The van der Waals surface area contributed by atoms with Crippen LogP contribution in [0, 0.1) is 19.3 Å². The van der Waals surface area contributed by atoms with Crippen LogP contribution in [0.5, 0.6) is 11.5 Å². The Bertz CT molecular complexity index is 1110. The lowest BCUT2D eigenvalue weighted by Crippen LogP contribution is -2.45. The molecule has 0 aliphatic carbocycles. The summed E-state index contributed by atoms with van der Waals surface area (Å²) in [5.41, 5.74) is 7.21. The van der Waals surface area contributed by atoms with Crippen LogP contribution in [0.25, 0.3) is 0 Å². The molecule has 0 N–H and O–H groups in total. The van der Waals surface area contributed by atoms with Crippen molar-refractivity contribution in [2.45, 2.75) is 119 Å². The second kappa shape index (κ2) is 16.3. The minimum atomic E-state index is -1.51. The average Bonchev–Trinajstić information content (AvgIpc) is 3.02. The first-order valence-corrected chi connectivity index (χ1v) is 18.7. The van der Waals surface area contributed by atoms with E-state index in [9.17, 15) is 0 Å². The zero-order valence-electron chi connectivity index (χ0n) is 27.8. The van der Waals surface area contributed by atoms with Gasteiger partial charge in [-0.05, 0) is 86.5 Å². The minimum absolute atomic E-state index is 0.361. The summed E-state index contributed by atoms with van der Waals surface area (Å²) in [5.74, 6) is 2.69. The first-order chi connectivity index (χ1) is 20.7. The van der Waals surface area contributed by atoms with E-state index in [0.29, 0.717) is 38.3 Å². The number of aryl methyl sites for hydroxylation is 4. The number of unbranched alkanes of at least 4 members (excludes halogenated alkanes) is 2. The fourth-order valence-corrected chi connectivity index (χ4v) is 8.22. The summed E-state index contributed by atoms with van der Waals surface area (Å²) in [6.45, 7) is 19.7. The van der Waals surface area contributed by atoms with Gasteiger partial charge in [-0.3, -0.25) is 0 Å². The molecule has 2 unspecified atom stereocenters. The summed E-state index contributed by atoms with van der Waals surface area (Å²) >= 11 is 0. The van der Waals surface area contributed by atoms with Gasteiger partial charge in [0.15, 0.2) is 0 Å². The van der Waals surface area contributed by atoms with Crippen LogP contribution < -0.4 is 9.05 Å². The molecule has 6 nitrogen and oxygen atoms in total. The molecule has 2 atom stereocenters. The van der Waals surface area contributed by atoms with Gasteiger partial charge in [0.1, 0.15) is 11.5 Å². The van der Waals surface area contributed by atoms with Crippen molar-refractivity contribution in [1.29, 1.82) is 0 Å². The third-order valence-electron chi connectivity index (χ3n) is 8.80. The molecule has 2 aromatic carbocycles. The topological polar surface area (TPSA) is 55.4 Å². The van der Waals surface area contributed by atoms with Gasteiger partial charge in [0, 0.05) is 0 Å². The fourth-order valence-electron chi connectivity index (χ4n) is 5.60. The van der Waals surface area contributed by atoms with Gasteiger partial charge in [0.25, 0.3) is 0 Å². The molecule has 240 valence electrons. The van der Waals surface area contributed by atoms with Gasteiger partial charge in [0.2, 0.25) is 0 Å². The van der Waals surface area contributed by atoms with Crippen molar-refractivity contribution in [1.82, 2.24) is 0 Å². The molecule has 2 saturated heterocycles. The second-order valence-electron chi connectivity index (χ2n) is 12.7. The number of hydrogen-bond acceptors (Lipinski definition) is 6. The molecule has 0 bridgehead atoms. The van der Waals surface area contributed by atoms with E-state index in [-0.39, 0.29) is 5.41 Å². The molecular weight excluding hydrogens is 578 g/mol. The summed E-state index contributed by atoms with van der Waals surface area (Å²) in [4.78, 5) is 0. The van der Waals surface area contributed by atoms with E-state index >= 15 is 0 Å². The standard InChI is InChI=1S/C35H54O6P2/c1-9-13-15-29-17-25(5)18-30(16-14-10-2)33(29)40-42-36-21-35(22-37-42)23-38-43(39-24-35)41-34-31(27(7)11-3)19-26(6)20-32(34)28(8)12-4/h17-20,27-28H,9-16,21-24H2,1-8H3. The van der Waals surface area contributed by atoms with Crippen molar-refractivity contribution in [2.75, 3.05) is 26.4 Å². The minimum Gasteiger partial charge on any atom is -0.426 e. The molecule has 0 saturated carbocycles. The van der Waals surface area contributed by atoms with E-state index in [1.54, 1.807) is 0 Å². The van der Waals surface area contributed by atoms with Crippen LogP contribution in [0.4, 0.5) is 0 Å². The molecule has 8 heteroatoms. The Morgan fingerprint density at radius 1 is 0.651 bits per heavy atom. The zero-order valence-corrected chi connectivity index (χ0v) is 29.6. The lowest BCUT2D eigenvalue weighted by Gasteiger charge is -2.41. The highest BCUT2D eigenvalue weighted by Gasteiger charge is 2.45. The molecule has 1 spiro atoms. The predicted molar refractivity (Wildman–Crippen MR) is 178 cm³/mol. The van der Waals surface area contributed by atoms with Gasteiger partial charge in [-0.15, -0.1) is 0 Å². The van der Waals surface area contributed by atoms with Crippen LogP contribution >= 0.6 is 17.2 Å². The van der Waals surface area contributed by atoms with Gasteiger partial charge in [0.05, 0.1) is 31.8 Å². The van der Waals surface area contributed by atoms with E-state index in [2.05, 4.69) is 79.7 Å². The van der Waals surface area contributed by atoms with E-state index in [0.717, 1.165) is 62.9 Å². The zero-order chi connectivity index (χ0) is 31.0. The summed E-state index contributed by atoms with van der Waals surface area (Å²) in [6.07, 6.45) is 8.67. The highest BCUT2D eigenvalue weighted by Crippen LogP contribution is 2.55. The number of rotatable bonds is 14. The van der Waals surface area contributed by atoms with Gasteiger partial charge < -0.3 is 27.1 Å². The van der Waals surface area contributed by atoms with Crippen molar-refractivity contribution in [3.8, 4) is 11.5 Å². The van der Waals surface area contributed by atoms with Gasteiger partial charge in [-0.25, -0.2) is 0 Å². The van der Waals surface area contributed by atoms with Crippen molar-refractivity contribution < 1.29 is 27.1 Å². The Balaban J connectivity index is 1.40. The SMILES string of the molecule is CCCCc1cc(C)cc(CCCC)c1OP1OCC2(CO1)COP(Oc1c(C(C)CC)cc(C)cc1C(C)CC)OC2. The van der Waals surface area contributed by atoms with E-state index in [4.69, 9.17) is 27.1 Å². The fraction of sp³-hybridized carbons (Fsp3) is 0.657. The van der Waals surface area contributed by atoms with Crippen LogP contribution in [-0.2, 0) is 30.9 Å². The molecular formula is C35H54O6P2. The molecule has 2 aliphatic rings. The van der Waals surface area contributed by atoms with Crippen molar-refractivity contribution in [3.63, 3.8) is 0 Å². The van der Waals surface area contributed by atoms with Crippen molar-refractivity contribution >= 4 is 17.2 Å². The quantitative estimate of drug-likeness (QED) is 0.193. The van der Waals surface area contributed by atoms with Crippen molar-refractivity contribution in [3.05, 3.63) is 57.6 Å². The molecule has 0 amide bonds. The second-order valence-corrected chi connectivity index (χ2v) is 15.0.